The van der Waals surface area contributed by atoms with Crippen LogP contribution in [0.15, 0.2) is 53.4 Å². The van der Waals surface area contributed by atoms with E-state index in [9.17, 15) is 18.0 Å². The standard InChI is InChI=1S/C20H24N4O4S/c21-20(26)23-16-10-8-14(9-11-16)13-22-19(25)15-4-3-7-18(12-15)29(27,28)24-17-5-1-2-6-17/h3-4,7-12,17,24H,1-2,5-6,13H2,(H,22,25)(H3,21,23,26). The van der Waals surface area contributed by atoms with Crippen LogP contribution >= 0.6 is 0 Å². The number of benzene rings is 2. The van der Waals surface area contributed by atoms with Gasteiger partial charge in [0.1, 0.15) is 0 Å². The number of carbonyl (C=O) groups is 2. The lowest BCUT2D eigenvalue weighted by molar-refractivity contribution is 0.0950. The number of hydrogen-bond acceptors (Lipinski definition) is 4. The molecule has 1 aliphatic rings. The fourth-order valence-corrected chi connectivity index (χ4v) is 4.62. The Kier molecular flexibility index (Phi) is 6.50. The molecule has 29 heavy (non-hydrogen) atoms. The van der Waals surface area contributed by atoms with Gasteiger partial charge in [0, 0.05) is 23.8 Å². The van der Waals surface area contributed by atoms with Crippen LogP contribution in [0, 0.1) is 0 Å². The predicted molar refractivity (Wildman–Crippen MR) is 110 cm³/mol. The minimum atomic E-state index is -3.66. The van der Waals surface area contributed by atoms with E-state index >= 15 is 0 Å². The van der Waals surface area contributed by atoms with Crippen molar-refractivity contribution in [3.05, 3.63) is 59.7 Å². The number of carbonyl (C=O) groups excluding carboxylic acids is 2. The van der Waals surface area contributed by atoms with Crippen molar-refractivity contribution in [3.8, 4) is 0 Å². The molecule has 0 spiro atoms. The van der Waals surface area contributed by atoms with Crippen LogP contribution in [0.1, 0.15) is 41.6 Å². The van der Waals surface area contributed by atoms with Crippen LogP contribution in [-0.2, 0) is 16.6 Å². The maximum absolute atomic E-state index is 12.6. The molecule has 0 heterocycles. The van der Waals surface area contributed by atoms with Gasteiger partial charge in [-0.05, 0) is 48.7 Å². The molecule has 0 atom stereocenters. The predicted octanol–water partition coefficient (Wildman–Crippen LogP) is 2.33. The molecule has 1 fully saturated rings. The fraction of sp³-hybridized carbons (Fsp3) is 0.300. The van der Waals surface area contributed by atoms with Gasteiger partial charge in [-0.2, -0.15) is 0 Å². The highest BCUT2D eigenvalue weighted by Gasteiger charge is 2.23. The molecule has 0 unspecified atom stereocenters. The lowest BCUT2D eigenvalue weighted by Crippen LogP contribution is -2.32. The smallest absolute Gasteiger partial charge is 0.316 e. The second-order valence-corrected chi connectivity index (χ2v) is 8.71. The summed E-state index contributed by atoms with van der Waals surface area (Å²) >= 11 is 0. The van der Waals surface area contributed by atoms with Gasteiger partial charge in [-0.15, -0.1) is 0 Å². The van der Waals surface area contributed by atoms with E-state index in [1.165, 1.54) is 12.1 Å². The number of primary amides is 1. The Labute approximate surface area is 169 Å². The van der Waals surface area contributed by atoms with E-state index in [0.29, 0.717) is 5.69 Å². The van der Waals surface area contributed by atoms with Gasteiger partial charge in [-0.1, -0.05) is 31.0 Å². The van der Waals surface area contributed by atoms with Gasteiger partial charge in [0.15, 0.2) is 0 Å². The van der Waals surface area contributed by atoms with Crippen LogP contribution in [0.5, 0.6) is 0 Å². The highest BCUT2D eigenvalue weighted by Crippen LogP contribution is 2.21. The molecule has 1 saturated carbocycles. The van der Waals surface area contributed by atoms with E-state index in [-0.39, 0.29) is 29.0 Å². The molecule has 1 aliphatic carbocycles. The highest BCUT2D eigenvalue weighted by atomic mass is 32.2. The molecule has 3 rings (SSSR count). The number of hydrogen-bond donors (Lipinski definition) is 4. The van der Waals surface area contributed by atoms with Crippen molar-refractivity contribution in [3.63, 3.8) is 0 Å². The second-order valence-electron chi connectivity index (χ2n) is 7.00. The molecule has 2 aromatic carbocycles. The van der Waals surface area contributed by atoms with Crippen LogP contribution in [0.2, 0.25) is 0 Å². The van der Waals surface area contributed by atoms with Crippen molar-refractivity contribution in [2.75, 3.05) is 5.32 Å². The van der Waals surface area contributed by atoms with Crippen LogP contribution in [0.4, 0.5) is 10.5 Å². The first-order valence-electron chi connectivity index (χ1n) is 9.39. The fourth-order valence-electron chi connectivity index (χ4n) is 3.27. The third-order valence-corrected chi connectivity index (χ3v) is 6.28. The SMILES string of the molecule is NC(=O)Nc1ccc(CNC(=O)c2cccc(S(=O)(=O)NC3CCCC3)c2)cc1. The van der Waals surface area contributed by atoms with E-state index in [0.717, 1.165) is 31.2 Å². The topological polar surface area (TPSA) is 130 Å². The van der Waals surface area contributed by atoms with E-state index in [2.05, 4.69) is 15.4 Å². The number of amides is 3. The summed E-state index contributed by atoms with van der Waals surface area (Å²) in [4.78, 5) is 23.4. The highest BCUT2D eigenvalue weighted by molar-refractivity contribution is 7.89. The zero-order chi connectivity index (χ0) is 20.9. The Morgan fingerprint density at radius 2 is 1.72 bits per heavy atom. The summed E-state index contributed by atoms with van der Waals surface area (Å²) in [5.41, 5.74) is 6.70. The van der Waals surface area contributed by atoms with Crippen LogP contribution in [0.25, 0.3) is 0 Å². The average Bonchev–Trinajstić information content (AvgIpc) is 3.19. The lowest BCUT2D eigenvalue weighted by Gasteiger charge is -2.13. The summed E-state index contributed by atoms with van der Waals surface area (Å²) in [5.74, 6) is -0.373. The lowest BCUT2D eigenvalue weighted by atomic mass is 10.2. The quantitative estimate of drug-likeness (QED) is 0.552. The van der Waals surface area contributed by atoms with Crippen molar-refractivity contribution in [2.45, 2.75) is 43.2 Å². The number of nitrogens with one attached hydrogen (secondary N) is 3. The molecule has 0 aromatic heterocycles. The molecule has 0 bridgehead atoms. The molecule has 154 valence electrons. The molecule has 0 saturated heterocycles. The Balaban J connectivity index is 1.62. The molecule has 2 aromatic rings. The number of sulfonamides is 1. The van der Waals surface area contributed by atoms with Crippen LogP contribution in [0.3, 0.4) is 0 Å². The van der Waals surface area contributed by atoms with Crippen molar-refractivity contribution in [1.29, 1.82) is 0 Å². The molecule has 8 nitrogen and oxygen atoms in total. The Morgan fingerprint density at radius 1 is 1.03 bits per heavy atom. The Hall–Kier alpha value is -2.91. The third kappa shape index (κ3) is 5.78. The first kappa shape index (κ1) is 20.8. The summed E-state index contributed by atoms with van der Waals surface area (Å²) in [6.07, 6.45) is 3.73. The Morgan fingerprint density at radius 3 is 2.38 bits per heavy atom. The molecule has 0 radical (unpaired) electrons. The van der Waals surface area contributed by atoms with Gasteiger partial charge in [0.25, 0.3) is 5.91 Å². The molecular formula is C20H24N4O4S. The van der Waals surface area contributed by atoms with Crippen molar-refractivity contribution < 1.29 is 18.0 Å². The zero-order valence-electron chi connectivity index (χ0n) is 15.9. The largest absolute Gasteiger partial charge is 0.351 e. The van der Waals surface area contributed by atoms with Gasteiger partial charge >= 0.3 is 6.03 Å². The monoisotopic (exact) mass is 416 g/mol. The number of anilines is 1. The van der Waals surface area contributed by atoms with Gasteiger partial charge in [0.2, 0.25) is 10.0 Å². The molecular weight excluding hydrogens is 392 g/mol. The number of rotatable bonds is 7. The van der Waals surface area contributed by atoms with Crippen molar-refractivity contribution >= 4 is 27.6 Å². The first-order valence-corrected chi connectivity index (χ1v) is 10.9. The van der Waals surface area contributed by atoms with Gasteiger partial charge in [0.05, 0.1) is 4.90 Å². The summed E-state index contributed by atoms with van der Waals surface area (Å²) < 4.78 is 27.9. The van der Waals surface area contributed by atoms with Gasteiger partial charge in [-0.25, -0.2) is 17.9 Å². The van der Waals surface area contributed by atoms with Crippen LogP contribution < -0.4 is 21.1 Å². The summed E-state index contributed by atoms with van der Waals surface area (Å²) in [6, 6.07) is 12.2. The minimum absolute atomic E-state index is 0.0375. The summed E-state index contributed by atoms with van der Waals surface area (Å²) in [5, 5.41) is 5.22. The third-order valence-electron chi connectivity index (χ3n) is 4.76. The van der Waals surface area contributed by atoms with E-state index in [1.54, 1.807) is 36.4 Å². The maximum atomic E-state index is 12.6. The average molecular weight is 417 g/mol. The maximum Gasteiger partial charge on any atom is 0.316 e. The van der Waals surface area contributed by atoms with E-state index in [4.69, 9.17) is 5.73 Å². The molecule has 9 heteroatoms. The molecule has 5 N–H and O–H groups in total. The molecule has 0 aliphatic heterocycles. The normalized spacial score (nSPS) is 14.5. The summed E-state index contributed by atoms with van der Waals surface area (Å²) in [7, 11) is -3.66. The Bertz CT molecular complexity index is 984. The number of nitrogens with two attached hydrogens (primary N) is 1. The van der Waals surface area contributed by atoms with Crippen molar-refractivity contribution in [2.24, 2.45) is 5.73 Å². The van der Waals surface area contributed by atoms with E-state index in [1.807, 2.05) is 0 Å². The zero-order valence-corrected chi connectivity index (χ0v) is 16.7. The number of urea groups is 1. The van der Waals surface area contributed by atoms with Crippen LogP contribution in [-0.4, -0.2) is 26.4 Å². The summed E-state index contributed by atoms with van der Waals surface area (Å²) in [6.45, 7) is 0.257. The van der Waals surface area contributed by atoms with Gasteiger partial charge < -0.3 is 16.4 Å². The first-order chi connectivity index (χ1) is 13.8. The van der Waals surface area contributed by atoms with Crippen molar-refractivity contribution in [1.82, 2.24) is 10.0 Å². The molecule has 3 amide bonds. The van der Waals surface area contributed by atoms with Gasteiger partial charge in [-0.3, -0.25) is 4.79 Å². The van der Waals surface area contributed by atoms with E-state index < -0.39 is 16.1 Å². The minimum Gasteiger partial charge on any atom is -0.351 e. The second kappa shape index (κ2) is 9.06.